The van der Waals surface area contributed by atoms with Gasteiger partial charge in [0.25, 0.3) is 0 Å². The van der Waals surface area contributed by atoms with E-state index in [4.69, 9.17) is 9.84 Å². The zero-order chi connectivity index (χ0) is 13.8. The number of nitrogens with one attached hydrogen (secondary N) is 1. The number of carboxylic acids is 1. The van der Waals surface area contributed by atoms with Crippen LogP contribution in [0.2, 0.25) is 0 Å². The first-order chi connectivity index (χ1) is 8.39. The summed E-state index contributed by atoms with van der Waals surface area (Å²) in [5, 5.41) is 8.87. The number of methoxy groups -OCH3 is 1. The van der Waals surface area contributed by atoms with Crippen LogP contribution in [0, 0.1) is 0 Å². The molecule has 2 N–H and O–H groups in total. The lowest BCUT2D eigenvalue weighted by atomic mass is 10.2. The largest absolute Gasteiger partial charge is 0.496 e. The van der Waals surface area contributed by atoms with Crippen molar-refractivity contribution in [1.82, 2.24) is 0 Å². The Bertz CT molecular complexity index is 565. The van der Waals surface area contributed by atoms with Crippen molar-refractivity contribution in [3.05, 3.63) is 36.4 Å². The van der Waals surface area contributed by atoms with Crippen molar-refractivity contribution in [2.75, 3.05) is 17.6 Å². The molecule has 0 aromatic heterocycles. The molecular formula is C11H13NO5S. The van der Waals surface area contributed by atoms with E-state index in [0.717, 1.165) is 0 Å². The second-order valence-electron chi connectivity index (χ2n) is 3.39. The number of benzene rings is 1. The van der Waals surface area contributed by atoms with Crippen LogP contribution in [0.25, 0.3) is 0 Å². The molecule has 0 radical (unpaired) electrons. The monoisotopic (exact) mass is 271 g/mol. The van der Waals surface area contributed by atoms with E-state index >= 15 is 0 Å². The van der Waals surface area contributed by atoms with Crippen LogP contribution >= 0.6 is 0 Å². The molecular weight excluding hydrogens is 258 g/mol. The highest BCUT2D eigenvalue weighted by Gasteiger charge is 2.13. The molecule has 0 atom stereocenters. The number of carbonyl (C=O) groups is 1. The second kappa shape index (κ2) is 5.54. The summed E-state index contributed by atoms with van der Waals surface area (Å²) in [6.07, 6.45) is 1.26. The average Bonchev–Trinajstić information content (AvgIpc) is 2.27. The van der Waals surface area contributed by atoms with Gasteiger partial charge in [-0.25, -0.2) is 13.2 Å². The first-order valence-electron chi connectivity index (χ1n) is 4.92. The van der Waals surface area contributed by atoms with Crippen LogP contribution in [0.1, 0.15) is 10.4 Å². The predicted octanol–water partition coefficient (Wildman–Crippen LogP) is 1.32. The number of ether oxygens (including phenoxy) is 1. The summed E-state index contributed by atoms with van der Waals surface area (Å²) in [5.41, 5.74) is 0.197. The van der Waals surface area contributed by atoms with E-state index in [1.54, 1.807) is 0 Å². The fourth-order valence-corrected chi connectivity index (χ4v) is 2.19. The van der Waals surface area contributed by atoms with Crippen molar-refractivity contribution in [2.45, 2.75) is 0 Å². The van der Waals surface area contributed by atoms with Gasteiger partial charge in [-0.3, -0.25) is 4.72 Å². The molecule has 0 saturated carbocycles. The molecule has 98 valence electrons. The molecule has 0 aliphatic heterocycles. The van der Waals surface area contributed by atoms with Gasteiger partial charge in [0.15, 0.2) is 0 Å². The highest BCUT2D eigenvalue weighted by molar-refractivity contribution is 7.92. The lowest BCUT2D eigenvalue weighted by Gasteiger charge is -2.09. The fraction of sp³-hybridized carbons (Fsp3) is 0.182. The molecule has 0 spiro atoms. The van der Waals surface area contributed by atoms with Crippen molar-refractivity contribution in [3.63, 3.8) is 0 Å². The maximum atomic E-state index is 11.5. The third-order valence-corrected chi connectivity index (χ3v) is 3.26. The van der Waals surface area contributed by atoms with Gasteiger partial charge in [-0.1, -0.05) is 6.08 Å². The Morgan fingerprint density at radius 1 is 1.56 bits per heavy atom. The van der Waals surface area contributed by atoms with E-state index in [1.807, 2.05) is 0 Å². The van der Waals surface area contributed by atoms with E-state index in [9.17, 15) is 13.2 Å². The summed E-state index contributed by atoms with van der Waals surface area (Å²) in [7, 11) is -2.20. The Morgan fingerprint density at radius 2 is 2.22 bits per heavy atom. The molecule has 1 aromatic rings. The summed E-state index contributed by atoms with van der Waals surface area (Å²) in [4.78, 5) is 10.8. The summed E-state index contributed by atoms with van der Waals surface area (Å²) >= 11 is 0. The van der Waals surface area contributed by atoms with Crippen molar-refractivity contribution in [2.24, 2.45) is 0 Å². The number of anilines is 1. The third-order valence-electron chi connectivity index (χ3n) is 2.04. The standard InChI is InChI=1S/C11H13NO5S/c1-3-6-18(15,16)12-8-4-5-9(11(13)14)10(7-8)17-2/h3-5,7,12H,1,6H2,2H3,(H,13,14). The zero-order valence-electron chi connectivity index (χ0n) is 9.71. The van der Waals surface area contributed by atoms with E-state index in [-0.39, 0.29) is 22.8 Å². The van der Waals surface area contributed by atoms with E-state index in [2.05, 4.69) is 11.3 Å². The number of aromatic carboxylic acids is 1. The molecule has 0 heterocycles. The van der Waals surface area contributed by atoms with Gasteiger partial charge < -0.3 is 9.84 Å². The minimum Gasteiger partial charge on any atom is -0.496 e. The van der Waals surface area contributed by atoms with E-state index in [0.29, 0.717) is 0 Å². The summed E-state index contributed by atoms with van der Waals surface area (Å²) in [5.74, 6) is -1.29. The first kappa shape index (κ1) is 14.0. The van der Waals surface area contributed by atoms with Crippen molar-refractivity contribution >= 4 is 21.7 Å². The fourth-order valence-electron chi connectivity index (χ4n) is 1.31. The molecule has 6 nitrogen and oxygen atoms in total. The van der Waals surface area contributed by atoms with Crippen molar-refractivity contribution in [1.29, 1.82) is 0 Å². The maximum Gasteiger partial charge on any atom is 0.339 e. The first-order valence-corrected chi connectivity index (χ1v) is 6.57. The topological polar surface area (TPSA) is 92.7 Å². The minimum atomic E-state index is -3.51. The normalized spacial score (nSPS) is 10.7. The lowest BCUT2D eigenvalue weighted by Crippen LogP contribution is -2.15. The predicted molar refractivity (Wildman–Crippen MR) is 67.6 cm³/mol. The van der Waals surface area contributed by atoms with Gasteiger partial charge in [-0.15, -0.1) is 6.58 Å². The summed E-state index contributed by atoms with van der Waals surface area (Å²) in [6, 6.07) is 3.93. The Labute approximate surface area is 105 Å². The molecule has 1 rings (SSSR count). The molecule has 0 amide bonds. The molecule has 0 fully saturated rings. The number of rotatable bonds is 6. The minimum absolute atomic E-state index is 0.0378. The van der Waals surface area contributed by atoms with Crippen molar-refractivity contribution in [3.8, 4) is 5.75 Å². The van der Waals surface area contributed by atoms with Crippen LogP contribution in [0.15, 0.2) is 30.9 Å². The Kier molecular flexibility index (Phi) is 4.33. The van der Waals surface area contributed by atoms with Gasteiger partial charge >= 0.3 is 5.97 Å². The molecule has 0 saturated heterocycles. The maximum absolute atomic E-state index is 11.5. The molecule has 0 aliphatic carbocycles. The van der Waals surface area contributed by atoms with Gasteiger partial charge in [-0.2, -0.15) is 0 Å². The van der Waals surface area contributed by atoms with Crippen LogP contribution < -0.4 is 9.46 Å². The smallest absolute Gasteiger partial charge is 0.339 e. The Balaban J connectivity index is 3.07. The van der Waals surface area contributed by atoms with Gasteiger partial charge in [-0.05, 0) is 12.1 Å². The highest BCUT2D eigenvalue weighted by atomic mass is 32.2. The van der Waals surface area contributed by atoms with Gasteiger partial charge in [0.05, 0.1) is 18.6 Å². The average molecular weight is 271 g/mol. The molecule has 1 aromatic carbocycles. The van der Waals surface area contributed by atoms with Crippen LogP contribution in [-0.2, 0) is 10.0 Å². The SMILES string of the molecule is C=CCS(=O)(=O)Nc1ccc(C(=O)O)c(OC)c1. The summed E-state index contributed by atoms with van der Waals surface area (Å²) in [6.45, 7) is 3.34. The number of carboxylic acid groups (broad SMARTS) is 1. The summed E-state index contributed by atoms with van der Waals surface area (Å²) < 4.78 is 30.1. The van der Waals surface area contributed by atoms with Crippen molar-refractivity contribution < 1.29 is 23.1 Å². The van der Waals surface area contributed by atoms with Gasteiger partial charge in [0.1, 0.15) is 11.3 Å². The van der Waals surface area contributed by atoms with E-state index in [1.165, 1.54) is 31.4 Å². The lowest BCUT2D eigenvalue weighted by molar-refractivity contribution is 0.0693. The Hall–Kier alpha value is -2.02. The van der Waals surface area contributed by atoms with Crippen LogP contribution in [0.5, 0.6) is 5.75 Å². The van der Waals surface area contributed by atoms with E-state index < -0.39 is 16.0 Å². The molecule has 0 aliphatic rings. The molecule has 18 heavy (non-hydrogen) atoms. The van der Waals surface area contributed by atoms with Crippen LogP contribution in [0.4, 0.5) is 5.69 Å². The van der Waals surface area contributed by atoms with Crippen LogP contribution in [0.3, 0.4) is 0 Å². The zero-order valence-corrected chi connectivity index (χ0v) is 10.5. The highest BCUT2D eigenvalue weighted by Crippen LogP contribution is 2.23. The number of hydrogen-bond acceptors (Lipinski definition) is 4. The number of sulfonamides is 1. The Morgan fingerprint density at radius 3 is 2.72 bits per heavy atom. The second-order valence-corrected chi connectivity index (χ2v) is 5.16. The third kappa shape index (κ3) is 3.49. The van der Waals surface area contributed by atoms with Crippen LogP contribution in [-0.4, -0.2) is 32.4 Å². The quantitative estimate of drug-likeness (QED) is 0.761. The molecule has 0 bridgehead atoms. The molecule has 0 unspecified atom stereocenters. The van der Waals surface area contributed by atoms with Gasteiger partial charge in [0.2, 0.25) is 10.0 Å². The number of hydrogen-bond donors (Lipinski definition) is 2. The van der Waals surface area contributed by atoms with Gasteiger partial charge in [0, 0.05) is 6.07 Å². The molecule has 7 heteroatoms.